The Hall–Kier alpha value is -0.510. The molecule has 0 spiro atoms. The maximum atomic E-state index is 9.88. The minimum absolute atomic E-state index is 0.0589. The summed E-state index contributed by atoms with van der Waals surface area (Å²) in [6, 6.07) is 0. The molecular weight excluding hydrogens is 298 g/mol. The van der Waals surface area contributed by atoms with E-state index in [9.17, 15) is 15.3 Å². The van der Waals surface area contributed by atoms with Crippen LogP contribution in [-0.4, -0.2) is 69.0 Å². The Kier molecular flexibility index (Phi) is 6.15. The molecule has 1 aliphatic carbocycles. The Morgan fingerprint density at radius 2 is 1.76 bits per heavy atom. The van der Waals surface area contributed by atoms with Gasteiger partial charge in [-0.2, -0.15) is 0 Å². The van der Waals surface area contributed by atoms with Crippen molar-refractivity contribution in [3.63, 3.8) is 0 Å². The van der Waals surface area contributed by atoms with Gasteiger partial charge >= 0.3 is 0 Å². The van der Waals surface area contributed by atoms with Crippen molar-refractivity contribution >= 4 is 17.4 Å². The molecule has 1 heterocycles. The molecule has 2 fully saturated rings. The monoisotopic (exact) mass is 321 g/mol. The fourth-order valence-corrected chi connectivity index (χ4v) is 2.96. The number of rotatable bonds is 3. The van der Waals surface area contributed by atoms with E-state index in [1.165, 1.54) is 6.42 Å². The van der Waals surface area contributed by atoms with Crippen molar-refractivity contribution in [3.05, 3.63) is 0 Å². The summed E-state index contributed by atoms with van der Waals surface area (Å²) in [5.41, 5.74) is 0. The van der Waals surface area contributed by atoms with Crippen molar-refractivity contribution in [3.8, 4) is 0 Å². The molecule has 0 aromatic rings. The van der Waals surface area contributed by atoms with Gasteiger partial charge in [-0.25, -0.2) is 0 Å². The molecule has 122 valence electrons. The van der Waals surface area contributed by atoms with E-state index in [0.29, 0.717) is 0 Å². The Labute approximate surface area is 128 Å². The van der Waals surface area contributed by atoms with E-state index in [4.69, 9.17) is 26.8 Å². The van der Waals surface area contributed by atoms with Gasteiger partial charge in [0.05, 0.1) is 6.61 Å². The maximum Gasteiger partial charge on any atom is 0.259 e. The third-order valence-corrected chi connectivity index (χ3v) is 4.19. The summed E-state index contributed by atoms with van der Waals surface area (Å²) in [4.78, 5) is 0. The highest BCUT2D eigenvalue weighted by Gasteiger charge is 2.43. The van der Waals surface area contributed by atoms with Crippen molar-refractivity contribution < 1.29 is 29.9 Å². The first-order valence-electron chi connectivity index (χ1n) is 7.30. The fraction of sp³-hybridized carbons (Fsp3) is 0.923. The van der Waals surface area contributed by atoms with E-state index in [2.05, 4.69) is 5.32 Å². The van der Waals surface area contributed by atoms with Crippen LogP contribution in [0.1, 0.15) is 32.1 Å². The summed E-state index contributed by atoms with van der Waals surface area (Å²) in [6.07, 6.45) is -0.809. The number of hydrogen-bond acceptors (Lipinski definition) is 7. The molecule has 2 rings (SSSR count). The van der Waals surface area contributed by atoms with E-state index >= 15 is 0 Å². The van der Waals surface area contributed by atoms with Crippen molar-refractivity contribution in [1.82, 2.24) is 5.32 Å². The molecule has 0 radical (unpaired) electrons. The van der Waals surface area contributed by atoms with Crippen molar-refractivity contribution in [2.45, 2.75) is 68.9 Å². The molecule has 21 heavy (non-hydrogen) atoms. The van der Waals surface area contributed by atoms with Gasteiger partial charge in [-0.1, -0.05) is 6.42 Å². The van der Waals surface area contributed by atoms with Gasteiger partial charge in [-0.3, -0.25) is 0 Å². The highest BCUT2D eigenvalue weighted by Crippen LogP contribution is 2.22. The highest BCUT2D eigenvalue weighted by molar-refractivity contribution is 7.80. The number of ether oxygens (including phenoxy) is 2. The van der Waals surface area contributed by atoms with E-state index in [1.807, 2.05) is 0 Å². The number of hydrogen-bond donors (Lipinski definition) is 5. The van der Waals surface area contributed by atoms with Gasteiger partial charge in [0.1, 0.15) is 30.5 Å². The Morgan fingerprint density at radius 3 is 2.38 bits per heavy atom. The van der Waals surface area contributed by atoms with E-state index in [0.717, 1.165) is 25.7 Å². The normalized spacial score (nSPS) is 38.0. The first-order valence-corrected chi connectivity index (χ1v) is 7.71. The zero-order valence-corrected chi connectivity index (χ0v) is 12.5. The smallest absolute Gasteiger partial charge is 0.259 e. The lowest BCUT2D eigenvalue weighted by Gasteiger charge is -2.40. The summed E-state index contributed by atoms with van der Waals surface area (Å²) in [5.74, 6) is 0. The van der Waals surface area contributed by atoms with E-state index in [-0.39, 0.29) is 11.3 Å². The largest absolute Gasteiger partial charge is 0.468 e. The fourth-order valence-electron chi connectivity index (χ4n) is 2.71. The number of aliphatic hydroxyl groups is 4. The molecule has 5 N–H and O–H groups in total. The molecule has 2 aliphatic rings. The van der Waals surface area contributed by atoms with Crippen LogP contribution in [0.25, 0.3) is 0 Å². The topological polar surface area (TPSA) is 111 Å². The molecular formula is C13H23NO6S. The first kappa shape index (κ1) is 16.9. The quantitative estimate of drug-likeness (QED) is 0.421. The molecule has 0 aromatic heterocycles. The lowest BCUT2D eigenvalue weighted by Crippen LogP contribution is -2.63. The van der Waals surface area contributed by atoms with Crippen molar-refractivity contribution in [2.24, 2.45) is 0 Å². The summed E-state index contributed by atoms with van der Waals surface area (Å²) >= 11 is 5.08. The van der Waals surface area contributed by atoms with Crippen LogP contribution in [0.5, 0.6) is 0 Å². The van der Waals surface area contributed by atoms with Crippen LogP contribution in [-0.2, 0) is 9.47 Å². The second-order valence-corrected chi connectivity index (χ2v) is 5.93. The molecule has 5 atom stereocenters. The number of aliphatic hydroxyl groups excluding tert-OH is 4. The van der Waals surface area contributed by atoms with Crippen molar-refractivity contribution in [2.75, 3.05) is 6.61 Å². The third kappa shape index (κ3) is 4.24. The summed E-state index contributed by atoms with van der Waals surface area (Å²) in [7, 11) is 0. The van der Waals surface area contributed by atoms with Gasteiger partial charge in [0.15, 0.2) is 6.23 Å². The average Bonchev–Trinajstić information content (AvgIpc) is 2.49. The lowest BCUT2D eigenvalue weighted by molar-refractivity contribution is -0.233. The molecule has 0 unspecified atom stereocenters. The average molecular weight is 321 g/mol. The number of thiocarbonyl (C=S) groups is 1. The van der Waals surface area contributed by atoms with Crippen LogP contribution in [0, 0.1) is 0 Å². The van der Waals surface area contributed by atoms with Gasteiger partial charge in [-0.15, -0.1) is 0 Å². The van der Waals surface area contributed by atoms with Gasteiger partial charge in [0.25, 0.3) is 5.17 Å². The first-order chi connectivity index (χ1) is 10.0. The zero-order chi connectivity index (χ0) is 15.4. The second-order valence-electron chi connectivity index (χ2n) is 5.56. The predicted molar refractivity (Wildman–Crippen MR) is 77.5 cm³/mol. The van der Waals surface area contributed by atoms with Gasteiger partial charge in [0, 0.05) is 0 Å². The summed E-state index contributed by atoms with van der Waals surface area (Å²) < 4.78 is 10.9. The second kappa shape index (κ2) is 7.66. The number of nitrogens with one attached hydrogen (secondary N) is 1. The molecule has 1 saturated heterocycles. The molecule has 0 aromatic carbocycles. The van der Waals surface area contributed by atoms with Gasteiger partial charge in [0.2, 0.25) is 0 Å². The van der Waals surface area contributed by atoms with Gasteiger partial charge < -0.3 is 35.2 Å². The summed E-state index contributed by atoms with van der Waals surface area (Å²) in [5, 5.41) is 41.1. The molecule has 1 aliphatic heterocycles. The Balaban J connectivity index is 1.86. The standard InChI is InChI=1S/C13H23NO6S/c15-6-8-9(16)10(17)11(18)12(20-8)14-13(21)19-7-4-2-1-3-5-7/h7-12,15-18H,1-6H2,(H,14,21)/t8-,9-,10+,11+,12+/m1/s1. The molecule has 0 bridgehead atoms. The lowest BCUT2D eigenvalue weighted by atomic mass is 9.98. The summed E-state index contributed by atoms with van der Waals surface area (Å²) in [6.45, 7) is -0.473. The van der Waals surface area contributed by atoms with Crippen LogP contribution in [0.4, 0.5) is 0 Å². The van der Waals surface area contributed by atoms with Crippen LogP contribution in [0.2, 0.25) is 0 Å². The Morgan fingerprint density at radius 1 is 1.10 bits per heavy atom. The predicted octanol–water partition coefficient (Wildman–Crippen LogP) is -0.990. The van der Waals surface area contributed by atoms with E-state index < -0.39 is 37.3 Å². The SMILES string of the molecule is OC[C@H]1O[C@H](NC(=S)OC2CCCCC2)[C@@H](O)[C@@H](O)[C@@H]1O. The minimum atomic E-state index is -1.43. The molecule has 0 amide bonds. The van der Waals surface area contributed by atoms with E-state index in [1.54, 1.807) is 0 Å². The van der Waals surface area contributed by atoms with Crippen LogP contribution >= 0.6 is 12.2 Å². The van der Waals surface area contributed by atoms with Crippen LogP contribution in [0.3, 0.4) is 0 Å². The third-order valence-electron chi connectivity index (χ3n) is 3.98. The molecule has 1 saturated carbocycles. The Bertz CT molecular complexity index is 350. The van der Waals surface area contributed by atoms with Crippen LogP contribution < -0.4 is 5.32 Å². The molecule has 8 heteroatoms. The van der Waals surface area contributed by atoms with Gasteiger partial charge in [-0.05, 0) is 37.9 Å². The highest BCUT2D eigenvalue weighted by atomic mass is 32.1. The zero-order valence-electron chi connectivity index (χ0n) is 11.7. The minimum Gasteiger partial charge on any atom is -0.468 e. The van der Waals surface area contributed by atoms with Crippen LogP contribution in [0.15, 0.2) is 0 Å². The molecule has 7 nitrogen and oxygen atoms in total. The maximum absolute atomic E-state index is 9.88. The van der Waals surface area contributed by atoms with Crippen molar-refractivity contribution in [1.29, 1.82) is 0 Å².